The van der Waals surface area contributed by atoms with Crippen LogP contribution in [0.3, 0.4) is 0 Å². The zero-order valence-corrected chi connectivity index (χ0v) is 12.3. The number of amides is 2. The van der Waals surface area contributed by atoms with Crippen molar-refractivity contribution in [2.45, 2.75) is 45.6 Å². The predicted molar refractivity (Wildman–Crippen MR) is 75.0 cm³/mol. The molecule has 0 atom stereocenters. The summed E-state index contributed by atoms with van der Waals surface area (Å²) in [5, 5.41) is 8.32. The highest BCUT2D eigenvalue weighted by molar-refractivity contribution is 5.71. The summed E-state index contributed by atoms with van der Waals surface area (Å²) in [4.78, 5) is 24.3. The molecule has 0 unspecified atom stereocenters. The average Bonchev–Trinajstić information content (AvgIpc) is 2.37. The maximum atomic E-state index is 10.5. The molecule has 0 bridgehead atoms. The number of carbonyl (C=O) groups excluding carboxylic acids is 1. The Labute approximate surface area is 115 Å². The van der Waals surface area contributed by atoms with Crippen LogP contribution in [0.5, 0.6) is 0 Å². The number of rotatable bonds is 4. The molecule has 0 spiro atoms. The second kappa shape index (κ2) is 9.61. The van der Waals surface area contributed by atoms with Gasteiger partial charge in [0.15, 0.2) is 0 Å². The summed E-state index contributed by atoms with van der Waals surface area (Å²) in [6.45, 7) is 6.43. The van der Waals surface area contributed by atoms with Crippen LogP contribution in [0.25, 0.3) is 0 Å². The van der Waals surface area contributed by atoms with E-state index in [9.17, 15) is 9.59 Å². The summed E-state index contributed by atoms with van der Waals surface area (Å²) in [6.07, 6.45) is 3.70. The monoisotopic (exact) mass is 273 g/mol. The molecule has 1 rings (SSSR count). The lowest BCUT2D eigenvalue weighted by Crippen LogP contribution is -2.39. The number of urea groups is 1. The van der Waals surface area contributed by atoms with Gasteiger partial charge in [0.25, 0.3) is 0 Å². The Morgan fingerprint density at radius 1 is 1.26 bits per heavy atom. The van der Waals surface area contributed by atoms with Crippen molar-refractivity contribution < 1.29 is 14.7 Å². The number of primary amides is 1. The quantitative estimate of drug-likeness (QED) is 0.809. The maximum Gasteiger partial charge on any atom is 0.314 e. The van der Waals surface area contributed by atoms with Crippen molar-refractivity contribution in [2.75, 3.05) is 26.7 Å². The molecule has 3 N–H and O–H groups in total. The summed E-state index contributed by atoms with van der Waals surface area (Å²) in [6, 6.07) is 0.161. The fraction of sp³-hybridized carbons (Fsp3) is 0.846. The Kier molecular flexibility index (Phi) is 8.95. The van der Waals surface area contributed by atoms with Gasteiger partial charge in [-0.3, -0.25) is 4.79 Å². The molecule has 0 aliphatic carbocycles. The standard InChI is InChI=1S/C7H15NO2.C6H12N2O/c1-6(2)8(3)5-4-7(9)10;7-6(9)8-4-2-1-3-5-8/h6H,4-5H2,1-3H3,(H,9,10);1-5H2,(H2,7,9). The molecule has 1 heterocycles. The summed E-state index contributed by atoms with van der Waals surface area (Å²) in [5.41, 5.74) is 5.05. The molecule has 0 aromatic heterocycles. The third-order valence-corrected chi connectivity index (χ3v) is 3.23. The first-order valence-electron chi connectivity index (χ1n) is 6.81. The number of carboxylic acid groups (broad SMARTS) is 1. The van der Waals surface area contributed by atoms with Crippen LogP contribution in [0, 0.1) is 0 Å². The van der Waals surface area contributed by atoms with Crippen LogP contribution in [0.1, 0.15) is 39.5 Å². The molecule has 0 aromatic rings. The van der Waals surface area contributed by atoms with E-state index in [2.05, 4.69) is 0 Å². The molecule has 19 heavy (non-hydrogen) atoms. The molecule has 1 aliphatic heterocycles. The third-order valence-electron chi connectivity index (χ3n) is 3.23. The first kappa shape index (κ1) is 17.7. The SMILES string of the molecule is CC(C)N(C)CCC(=O)O.NC(=O)N1CCCCC1. The minimum Gasteiger partial charge on any atom is -0.481 e. The largest absolute Gasteiger partial charge is 0.481 e. The Hall–Kier alpha value is -1.30. The van der Waals surface area contributed by atoms with Gasteiger partial charge in [-0.1, -0.05) is 0 Å². The van der Waals surface area contributed by atoms with E-state index in [0.717, 1.165) is 25.9 Å². The first-order chi connectivity index (χ1) is 8.84. The van der Waals surface area contributed by atoms with E-state index in [-0.39, 0.29) is 12.5 Å². The number of nitrogens with two attached hydrogens (primary N) is 1. The number of aliphatic carboxylic acids is 1. The lowest BCUT2D eigenvalue weighted by atomic mass is 10.1. The van der Waals surface area contributed by atoms with Crippen LogP contribution >= 0.6 is 0 Å². The number of likely N-dealkylation sites (tertiary alicyclic amines) is 1. The van der Waals surface area contributed by atoms with Crippen molar-refractivity contribution >= 4 is 12.0 Å². The van der Waals surface area contributed by atoms with Gasteiger partial charge in [-0.2, -0.15) is 0 Å². The van der Waals surface area contributed by atoms with E-state index in [1.54, 1.807) is 4.90 Å². The van der Waals surface area contributed by atoms with Gasteiger partial charge in [0, 0.05) is 25.7 Å². The molecule has 0 aromatic carbocycles. The molecule has 0 saturated carbocycles. The molecule has 112 valence electrons. The Balaban J connectivity index is 0.000000342. The zero-order chi connectivity index (χ0) is 14.8. The van der Waals surface area contributed by atoms with Crippen LogP contribution in [0.2, 0.25) is 0 Å². The Bertz CT molecular complexity index is 276. The van der Waals surface area contributed by atoms with Gasteiger partial charge in [0.2, 0.25) is 0 Å². The van der Waals surface area contributed by atoms with Gasteiger partial charge in [0.1, 0.15) is 0 Å². The molecule has 6 nitrogen and oxygen atoms in total. The van der Waals surface area contributed by atoms with Gasteiger partial charge in [-0.15, -0.1) is 0 Å². The lowest BCUT2D eigenvalue weighted by molar-refractivity contribution is -0.137. The molecule has 0 radical (unpaired) electrons. The summed E-state index contributed by atoms with van der Waals surface area (Å²) < 4.78 is 0. The molecule has 1 fully saturated rings. The maximum absolute atomic E-state index is 10.5. The van der Waals surface area contributed by atoms with E-state index in [0.29, 0.717) is 12.6 Å². The van der Waals surface area contributed by atoms with Crippen molar-refractivity contribution in [1.29, 1.82) is 0 Å². The Morgan fingerprint density at radius 3 is 2.11 bits per heavy atom. The third kappa shape index (κ3) is 9.30. The minimum atomic E-state index is -0.729. The van der Waals surface area contributed by atoms with Crippen LogP contribution in [-0.4, -0.2) is 59.6 Å². The van der Waals surface area contributed by atoms with Crippen molar-refractivity contribution in [2.24, 2.45) is 5.73 Å². The highest BCUT2D eigenvalue weighted by Crippen LogP contribution is 2.07. The summed E-state index contributed by atoms with van der Waals surface area (Å²) >= 11 is 0. The van der Waals surface area contributed by atoms with E-state index in [4.69, 9.17) is 10.8 Å². The second-order valence-corrected chi connectivity index (χ2v) is 5.10. The number of hydrogen-bond donors (Lipinski definition) is 2. The van der Waals surface area contributed by atoms with Gasteiger partial charge in [0.05, 0.1) is 6.42 Å². The summed E-state index contributed by atoms with van der Waals surface area (Å²) in [7, 11) is 1.92. The van der Waals surface area contributed by atoms with Crippen LogP contribution in [0.4, 0.5) is 4.79 Å². The number of piperidine rings is 1. The minimum absolute atomic E-state index is 0.231. The van der Waals surface area contributed by atoms with Crippen LogP contribution < -0.4 is 5.73 Å². The number of nitrogens with zero attached hydrogens (tertiary/aromatic N) is 2. The molecule has 6 heteroatoms. The van der Waals surface area contributed by atoms with Crippen molar-refractivity contribution in [3.63, 3.8) is 0 Å². The van der Waals surface area contributed by atoms with Crippen molar-refractivity contribution in [3.8, 4) is 0 Å². The fourth-order valence-electron chi connectivity index (χ4n) is 1.64. The van der Waals surface area contributed by atoms with Gasteiger partial charge in [-0.05, 0) is 40.2 Å². The smallest absolute Gasteiger partial charge is 0.314 e. The van der Waals surface area contributed by atoms with E-state index >= 15 is 0 Å². The molecule has 2 amide bonds. The fourth-order valence-corrected chi connectivity index (χ4v) is 1.64. The van der Waals surface area contributed by atoms with Crippen LogP contribution in [0.15, 0.2) is 0 Å². The summed E-state index contributed by atoms with van der Waals surface area (Å²) in [5.74, 6) is -0.729. The Morgan fingerprint density at radius 2 is 1.79 bits per heavy atom. The second-order valence-electron chi connectivity index (χ2n) is 5.10. The topological polar surface area (TPSA) is 86.9 Å². The molecular formula is C13H27N3O3. The normalized spacial score (nSPS) is 15.1. The van der Waals surface area contributed by atoms with Crippen molar-refractivity contribution in [3.05, 3.63) is 0 Å². The molecule has 1 aliphatic rings. The van der Waals surface area contributed by atoms with E-state index < -0.39 is 5.97 Å². The number of carboxylic acids is 1. The van der Waals surface area contributed by atoms with Gasteiger partial charge < -0.3 is 20.6 Å². The average molecular weight is 273 g/mol. The molecular weight excluding hydrogens is 246 g/mol. The first-order valence-corrected chi connectivity index (χ1v) is 6.81. The van der Waals surface area contributed by atoms with E-state index in [1.165, 1.54) is 6.42 Å². The van der Waals surface area contributed by atoms with Gasteiger partial charge in [-0.25, -0.2) is 4.79 Å². The highest BCUT2D eigenvalue weighted by atomic mass is 16.4. The highest BCUT2D eigenvalue weighted by Gasteiger charge is 2.11. The lowest BCUT2D eigenvalue weighted by Gasteiger charge is -2.24. The number of hydrogen-bond acceptors (Lipinski definition) is 3. The van der Waals surface area contributed by atoms with E-state index in [1.807, 2.05) is 25.8 Å². The zero-order valence-electron chi connectivity index (χ0n) is 12.3. The number of carbonyl (C=O) groups is 2. The van der Waals surface area contributed by atoms with Gasteiger partial charge >= 0.3 is 12.0 Å². The molecule has 1 saturated heterocycles. The predicted octanol–water partition coefficient (Wildman–Crippen LogP) is 1.35. The van der Waals surface area contributed by atoms with Crippen LogP contribution in [-0.2, 0) is 4.79 Å². The van der Waals surface area contributed by atoms with Crippen molar-refractivity contribution in [1.82, 2.24) is 9.80 Å².